The highest BCUT2D eigenvalue weighted by atomic mass is 16.3. The van der Waals surface area contributed by atoms with Crippen LogP contribution in [0.15, 0.2) is 12.3 Å². The highest BCUT2D eigenvalue weighted by Gasteiger charge is 2.22. The molecule has 0 amide bonds. The summed E-state index contributed by atoms with van der Waals surface area (Å²) in [5.41, 5.74) is 6.54. The van der Waals surface area contributed by atoms with Crippen LogP contribution in [0.4, 0.5) is 5.95 Å². The highest BCUT2D eigenvalue weighted by molar-refractivity contribution is 5.17. The van der Waals surface area contributed by atoms with Gasteiger partial charge in [0.15, 0.2) is 0 Å². The van der Waals surface area contributed by atoms with Gasteiger partial charge in [-0.05, 0) is 31.9 Å². The predicted molar refractivity (Wildman–Crippen MR) is 66.2 cm³/mol. The maximum Gasteiger partial charge on any atom is 0.220 e. The first kappa shape index (κ1) is 12.3. The van der Waals surface area contributed by atoms with Crippen LogP contribution in [-0.2, 0) is 6.54 Å². The van der Waals surface area contributed by atoms with E-state index in [1.54, 1.807) is 6.20 Å². The summed E-state index contributed by atoms with van der Waals surface area (Å²) in [7, 11) is 0. The lowest BCUT2D eigenvalue weighted by Gasteiger charge is -2.35. The molecule has 2 heterocycles. The first-order chi connectivity index (χ1) is 8.29. The Morgan fingerprint density at radius 2 is 2.35 bits per heavy atom. The second kappa shape index (κ2) is 5.93. The first-order valence-electron chi connectivity index (χ1n) is 6.22. The molecule has 3 N–H and O–H groups in total. The quantitative estimate of drug-likeness (QED) is 0.808. The van der Waals surface area contributed by atoms with E-state index in [2.05, 4.69) is 14.9 Å². The van der Waals surface area contributed by atoms with Gasteiger partial charge in [0, 0.05) is 25.4 Å². The fraction of sp³-hybridized carbons (Fsp3) is 0.667. The summed E-state index contributed by atoms with van der Waals surface area (Å²) in [6.45, 7) is 2.14. The van der Waals surface area contributed by atoms with Crippen molar-refractivity contribution in [3.05, 3.63) is 18.0 Å². The number of piperidine rings is 1. The SMILES string of the molecule is Nc1nccc(CN2CCCCC2CCO)n1. The third-order valence-corrected chi connectivity index (χ3v) is 3.31. The van der Waals surface area contributed by atoms with Crippen molar-refractivity contribution in [3.8, 4) is 0 Å². The molecule has 0 spiro atoms. The number of aromatic nitrogens is 2. The third-order valence-electron chi connectivity index (χ3n) is 3.31. The van der Waals surface area contributed by atoms with Crippen molar-refractivity contribution in [3.63, 3.8) is 0 Å². The minimum atomic E-state index is 0.257. The molecule has 0 radical (unpaired) electrons. The Morgan fingerprint density at radius 3 is 3.12 bits per heavy atom. The minimum Gasteiger partial charge on any atom is -0.396 e. The Morgan fingerprint density at radius 1 is 1.47 bits per heavy atom. The summed E-state index contributed by atoms with van der Waals surface area (Å²) < 4.78 is 0. The molecule has 2 rings (SSSR count). The van der Waals surface area contributed by atoms with Crippen LogP contribution < -0.4 is 5.73 Å². The van der Waals surface area contributed by atoms with E-state index in [-0.39, 0.29) is 6.61 Å². The van der Waals surface area contributed by atoms with Gasteiger partial charge >= 0.3 is 0 Å². The molecule has 1 aliphatic heterocycles. The molecule has 0 bridgehead atoms. The molecular weight excluding hydrogens is 216 g/mol. The zero-order valence-electron chi connectivity index (χ0n) is 10.0. The largest absolute Gasteiger partial charge is 0.396 e. The van der Waals surface area contributed by atoms with Crippen LogP contribution in [0.25, 0.3) is 0 Å². The van der Waals surface area contributed by atoms with Crippen molar-refractivity contribution in [2.45, 2.75) is 38.3 Å². The Kier molecular flexibility index (Phi) is 4.28. The van der Waals surface area contributed by atoms with Crippen molar-refractivity contribution in [2.75, 3.05) is 18.9 Å². The number of nitrogen functional groups attached to an aromatic ring is 1. The van der Waals surface area contributed by atoms with E-state index < -0.39 is 0 Å². The number of aliphatic hydroxyl groups is 1. The summed E-state index contributed by atoms with van der Waals surface area (Å²) in [5, 5.41) is 9.07. The summed E-state index contributed by atoms with van der Waals surface area (Å²) in [6.07, 6.45) is 6.19. The van der Waals surface area contributed by atoms with E-state index in [1.165, 1.54) is 19.3 Å². The predicted octanol–water partition coefficient (Wildman–Crippen LogP) is 0.796. The van der Waals surface area contributed by atoms with Gasteiger partial charge < -0.3 is 10.8 Å². The standard InChI is InChI=1S/C12H20N4O/c13-12-14-6-4-10(15-12)9-16-7-2-1-3-11(16)5-8-17/h4,6,11,17H,1-3,5,7-9H2,(H2,13,14,15). The van der Waals surface area contributed by atoms with Crippen molar-refractivity contribution in [1.82, 2.24) is 14.9 Å². The number of rotatable bonds is 4. The van der Waals surface area contributed by atoms with E-state index in [4.69, 9.17) is 10.8 Å². The summed E-state index contributed by atoms with van der Waals surface area (Å²) in [5.74, 6) is 0.332. The molecule has 1 aromatic heterocycles. The van der Waals surface area contributed by atoms with Gasteiger partial charge in [-0.3, -0.25) is 4.90 Å². The lowest BCUT2D eigenvalue weighted by atomic mass is 9.99. The van der Waals surface area contributed by atoms with Gasteiger partial charge in [0.2, 0.25) is 5.95 Å². The van der Waals surface area contributed by atoms with Gasteiger partial charge in [0.05, 0.1) is 5.69 Å². The normalized spacial score (nSPS) is 21.6. The van der Waals surface area contributed by atoms with Crippen molar-refractivity contribution in [1.29, 1.82) is 0 Å². The average Bonchev–Trinajstić information content (AvgIpc) is 2.32. The molecule has 1 unspecified atom stereocenters. The Labute approximate surface area is 102 Å². The van der Waals surface area contributed by atoms with Crippen LogP contribution in [0.3, 0.4) is 0 Å². The lowest BCUT2D eigenvalue weighted by molar-refractivity contribution is 0.111. The van der Waals surface area contributed by atoms with Gasteiger partial charge in [0.25, 0.3) is 0 Å². The number of likely N-dealkylation sites (tertiary alicyclic amines) is 1. The lowest BCUT2D eigenvalue weighted by Crippen LogP contribution is -2.39. The first-order valence-corrected chi connectivity index (χ1v) is 6.22. The molecule has 5 heteroatoms. The third kappa shape index (κ3) is 3.38. The Balaban J connectivity index is 2.00. The van der Waals surface area contributed by atoms with E-state index >= 15 is 0 Å². The van der Waals surface area contributed by atoms with Gasteiger partial charge in [-0.1, -0.05) is 6.42 Å². The van der Waals surface area contributed by atoms with Crippen LogP contribution in [0, 0.1) is 0 Å². The van der Waals surface area contributed by atoms with Crippen molar-refractivity contribution >= 4 is 5.95 Å². The second-order valence-electron chi connectivity index (χ2n) is 4.54. The molecule has 0 aliphatic carbocycles. The van der Waals surface area contributed by atoms with Crippen LogP contribution in [0.2, 0.25) is 0 Å². The topological polar surface area (TPSA) is 75.3 Å². The van der Waals surface area contributed by atoms with Gasteiger partial charge in [-0.15, -0.1) is 0 Å². The van der Waals surface area contributed by atoms with Crippen LogP contribution in [0.1, 0.15) is 31.4 Å². The summed E-state index contributed by atoms with van der Waals surface area (Å²) >= 11 is 0. The fourth-order valence-corrected chi connectivity index (χ4v) is 2.45. The molecule has 1 aromatic rings. The van der Waals surface area contributed by atoms with Crippen LogP contribution >= 0.6 is 0 Å². The summed E-state index contributed by atoms with van der Waals surface area (Å²) in [4.78, 5) is 10.5. The number of nitrogens with two attached hydrogens (primary N) is 1. The van der Waals surface area contributed by atoms with Crippen molar-refractivity contribution in [2.24, 2.45) is 0 Å². The number of hydrogen-bond donors (Lipinski definition) is 2. The molecule has 0 aromatic carbocycles. The number of nitrogens with zero attached hydrogens (tertiary/aromatic N) is 3. The summed E-state index contributed by atoms with van der Waals surface area (Å²) in [6, 6.07) is 2.38. The molecule has 94 valence electrons. The zero-order chi connectivity index (χ0) is 12.1. The van der Waals surface area contributed by atoms with E-state index in [0.717, 1.165) is 25.2 Å². The molecular formula is C12H20N4O. The maximum atomic E-state index is 9.07. The molecule has 1 saturated heterocycles. The number of aliphatic hydroxyl groups excluding tert-OH is 1. The molecule has 17 heavy (non-hydrogen) atoms. The second-order valence-corrected chi connectivity index (χ2v) is 4.54. The number of hydrogen-bond acceptors (Lipinski definition) is 5. The monoisotopic (exact) mass is 236 g/mol. The zero-order valence-corrected chi connectivity index (χ0v) is 10.0. The fourth-order valence-electron chi connectivity index (χ4n) is 2.45. The van der Waals surface area contributed by atoms with Gasteiger partial charge in [-0.2, -0.15) is 0 Å². The molecule has 1 atom stereocenters. The number of anilines is 1. The Hall–Kier alpha value is -1.20. The molecule has 1 fully saturated rings. The van der Waals surface area contributed by atoms with Gasteiger partial charge in [-0.25, -0.2) is 9.97 Å². The molecule has 1 aliphatic rings. The minimum absolute atomic E-state index is 0.257. The average molecular weight is 236 g/mol. The smallest absolute Gasteiger partial charge is 0.220 e. The maximum absolute atomic E-state index is 9.07. The van der Waals surface area contributed by atoms with Crippen molar-refractivity contribution < 1.29 is 5.11 Å². The molecule has 5 nitrogen and oxygen atoms in total. The van der Waals surface area contributed by atoms with E-state index in [0.29, 0.717) is 12.0 Å². The van der Waals surface area contributed by atoms with Crippen LogP contribution in [0.5, 0.6) is 0 Å². The van der Waals surface area contributed by atoms with Crippen LogP contribution in [-0.4, -0.2) is 39.2 Å². The highest BCUT2D eigenvalue weighted by Crippen LogP contribution is 2.21. The Bertz CT molecular complexity index is 356. The van der Waals surface area contributed by atoms with E-state index in [1.807, 2.05) is 6.07 Å². The van der Waals surface area contributed by atoms with Gasteiger partial charge in [0.1, 0.15) is 0 Å². The van der Waals surface area contributed by atoms with E-state index in [9.17, 15) is 0 Å². The molecule has 0 saturated carbocycles.